The minimum atomic E-state index is -0.312. The fourth-order valence-electron chi connectivity index (χ4n) is 5.31. The number of rotatable bonds is 12. The number of anilines is 2. The number of halogens is 1. The van der Waals surface area contributed by atoms with Crippen LogP contribution in [-0.4, -0.2) is 50.8 Å². The van der Waals surface area contributed by atoms with E-state index in [9.17, 15) is 9.18 Å². The van der Waals surface area contributed by atoms with Crippen LogP contribution in [0.5, 0.6) is 11.5 Å². The predicted molar refractivity (Wildman–Crippen MR) is 168 cm³/mol. The molecule has 0 aliphatic carbocycles. The fraction of sp³-hybridized carbons (Fsp3) is 0.286. The molecule has 6 nitrogen and oxygen atoms in total. The molecule has 4 aromatic rings. The van der Waals surface area contributed by atoms with Crippen LogP contribution < -0.4 is 15.0 Å². The summed E-state index contributed by atoms with van der Waals surface area (Å²) in [6.07, 6.45) is 2.51. The molecule has 1 N–H and O–H groups in total. The van der Waals surface area contributed by atoms with Crippen LogP contribution in [0.25, 0.3) is 0 Å². The largest absolute Gasteiger partial charge is 0.457 e. The summed E-state index contributed by atoms with van der Waals surface area (Å²) >= 11 is 0. The van der Waals surface area contributed by atoms with Crippen LogP contribution >= 0.6 is 0 Å². The van der Waals surface area contributed by atoms with Gasteiger partial charge in [-0.2, -0.15) is 0 Å². The first-order valence-corrected chi connectivity index (χ1v) is 14.4. The third-order valence-electron chi connectivity index (χ3n) is 7.58. The molecule has 0 spiro atoms. The molecule has 0 aromatic heterocycles. The van der Waals surface area contributed by atoms with Crippen molar-refractivity contribution in [3.63, 3.8) is 0 Å². The number of amides is 1. The lowest BCUT2D eigenvalue weighted by molar-refractivity contribution is -0.122. The number of benzene rings is 4. The number of hydrogen-bond donors (Lipinski definition) is 1. The average molecular weight is 570 g/mol. The van der Waals surface area contributed by atoms with Gasteiger partial charge in [-0.3, -0.25) is 9.69 Å². The molecule has 0 bridgehead atoms. The van der Waals surface area contributed by atoms with Crippen molar-refractivity contribution in [1.82, 2.24) is 4.90 Å². The van der Waals surface area contributed by atoms with Crippen molar-refractivity contribution in [1.29, 1.82) is 0 Å². The van der Waals surface area contributed by atoms with E-state index in [-0.39, 0.29) is 19.2 Å². The summed E-state index contributed by atoms with van der Waals surface area (Å²) in [5.41, 5.74) is 4.37. The van der Waals surface area contributed by atoms with E-state index < -0.39 is 0 Å². The van der Waals surface area contributed by atoms with Gasteiger partial charge >= 0.3 is 0 Å². The van der Waals surface area contributed by atoms with E-state index in [1.165, 1.54) is 28.9 Å². The lowest BCUT2D eigenvalue weighted by atomic mass is 9.96. The first-order chi connectivity index (χ1) is 20.4. The van der Waals surface area contributed by atoms with Crippen molar-refractivity contribution in [3.8, 4) is 11.5 Å². The number of nitrogens with one attached hydrogen (secondary N) is 1. The summed E-state index contributed by atoms with van der Waals surface area (Å²) in [6.45, 7) is 1.80. The monoisotopic (exact) mass is 569 g/mol. The lowest BCUT2D eigenvalue weighted by Crippen LogP contribution is -2.40. The first-order valence-electron chi connectivity index (χ1n) is 14.4. The van der Waals surface area contributed by atoms with E-state index in [0.717, 1.165) is 25.8 Å². The minimum absolute atomic E-state index is 0. The SMILES string of the molecule is CN(C)c1ccc(CCOCN2C[C@H](Cc3ccccc3)C[C@H]2C(=O)Nc2ccc(Oc3ccc(F)cc3)cc2)cc1.[HH]. The van der Waals surface area contributed by atoms with Gasteiger partial charge in [0.05, 0.1) is 19.4 Å². The summed E-state index contributed by atoms with van der Waals surface area (Å²) in [5, 5.41) is 3.08. The Bertz CT molecular complexity index is 1420. The van der Waals surface area contributed by atoms with Crippen molar-refractivity contribution in [2.24, 2.45) is 5.92 Å². The van der Waals surface area contributed by atoms with Gasteiger partial charge in [-0.15, -0.1) is 0 Å². The third kappa shape index (κ3) is 8.18. The first kappa shape index (κ1) is 29.3. The highest BCUT2D eigenvalue weighted by molar-refractivity contribution is 5.95. The number of likely N-dealkylation sites (tertiary alicyclic amines) is 1. The molecule has 1 heterocycles. The zero-order chi connectivity index (χ0) is 29.3. The van der Waals surface area contributed by atoms with Crippen LogP contribution in [0.15, 0.2) is 103 Å². The van der Waals surface area contributed by atoms with Crippen molar-refractivity contribution in [3.05, 3.63) is 120 Å². The minimum Gasteiger partial charge on any atom is -0.457 e. The van der Waals surface area contributed by atoms with E-state index >= 15 is 0 Å². The molecule has 0 radical (unpaired) electrons. The summed E-state index contributed by atoms with van der Waals surface area (Å²) in [4.78, 5) is 17.7. The van der Waals surface area contributed by atoms with Gasteiger partial charge in [0.25, 0.3) is 0 Å². The van der Waals surface area contributed by atoms with Gasteiger partial charge in [0.1, 0.15) is 17.3 Å². The van der Waals surface area contributed by atoms with Crippen LogP contribution in [0.1, 0.15) is 19.0 Å². The van der Waals surface area contributed by atoms with Crippen LogP contribution in [0, 0.1) is 11.7 Å². The number of ether oxygens (including phenoxy) is 2. The second-order valence-corrected chi connectivity index (χ2v) is 11.0. The number of hydrogen-bond acceptors (Lipinski definition) is 5. The van der Waals surface area contributed by atoms with Gasteiger partial charge in [-0.25, -0.2) is 4.39 Å². The molecule has 1 amide bonds. The molecule has 2 atom stereocenters. The van der Waals surface area contributed by atoms with Gasteiger partial charge < -0.3 is 19.7 Å². The van der Waals surface area contributed by atoms with Crippen LogP contribution in [-0.2, 0) is 22.4 Å². The fourth-order valence-corrected chi connectivity index (χ4v) is 5.31. The topological polar surface area (TPSA) is 54.0 Å². The highest BCUT2D eigenvalue weighted by atomic mass is 19.1. The van der Waals surface area contributed by atoms with E-state index in [1.54, 1.807) is 24.3 Å². The summed E-state index contributed by atoms with van der Waals surface area (Å²) in [7, 11) is 4.07. The highest BCUT2D eigenvalue weighted by Gasteiger charge is 2.36. The zero-order valence-electron chi connectivity index (χ0n) is 24.2. The number of carbonyl (C=O) groups excluding carboxylic acids is 1. The van der Waals surface area contributed by atoms with E-state index in [2.05, 4.69) is 63.6 Å². The molecular formula is C35H40FN3O3. The summed E-state index contributed by atoms with van der Waals surface area (Å²) in [6, 6.07) is 31.7. The van der Waals surface area contributed by atoms with Gasteiger partial charge in [0.2, 0.25) is 5.91 Å². The van der Waals surface area contributed by atoms with Crippen molar-refractivity contribution in [2.75, 3.05) is 44.2 Å². The quantitative estimate of drug-likeness (QED) is 0.186. The Labute approximate surface area is 249 Å². The maximum absolute atomic E-state index is 13.5. The standard InChI is InChI=1S/C35H38FN3O3.H2/c1-38(2)31-14-8-26(9-15-31)20-21-41-25-39-24-28(22-27-6-4-3-5-7-27)23-34(39)35(40)37-30-12-18-33(19-13-30)42-32-16-10-29(36)11-17-32;/h3-19,28,34H,20-25H2,1-2H3,(H,37,40);1H/t28-,34+;/m1./s1. The van der Waals surface area contributed by atoms with Crippen molar-refractivity contribution in [2.45, 2.75) is 25.3 Å². The molecule has 42 heavy (non-hydrogen) atoms. The molecule has 0 saturated carbocycles. The van der Waals surface area contributed by atoms with Crippen LogP contribution in [0.2, 0.25) is 0 Å². The second kappa shape index (κ2) is 14.1. The van der Waals surface area contributed by atoms with E-state index in [0.29, 0.717) is 36.4 Å². The second-order valence-electron chi connectivity index (χ2n) is 11.0. The lowest BCUT2D eigenvalue weighted by Gasteiger charge is -2.23. The average Bonchev–Trinajstić information content (AvgIpc) is 3.40. The molecular weight excluding hydrogens is 529 g/mol. The molecule has 4 aromatic carbocycles. The molecule has 1 aliphatic heterocycles. The molecule has 7 heteroatoms. The smallest absolute Gasteiger partial charge is 0.241 e. The Balaban J connectivity index is 0.00000423. The van der Waals surface area contributed by atoms with E-state index in [1.807, 2.05) is 32.3 Å². The van der Waals surface area contributed by atoms with Gasteiger partial charge in [0.15, 0.2) is 0 Å². The van der Waals surface area contributed by atoms with Gasteiger partial charge in [0, 0.05) is 33.4 Å². The zero-order valence-corrected chi connectivity index (χ0v) is 24.2. The number of carbonyl (C=O) groups is 1. The Morgan fingerprint density at radius 2 is 1.57 bits per heavy atom. The number of nitrogens with zero attached hydrogens (tertiary/aromatic N) is 2. The molecule has 1 saturated heterocycles. The van der Waals surface area contributed by atoms with Crippen molar-refractivity contribution >= 4 is 17.3 Å². The van der Waals surface area contributed by atoms with Gasteiger partial charge in [-0.05, 0) is 97.0 Å². The summed E-state index contributed by atoms with van der Waals surface area (Å²) in [5.74, 6) is 1.16. The van der Waals surface area contributed by atoms with Crippen LogP contribution in [0.3, 0.4) is 0 Å². The normalized spacial score (nSPS) is 16.7. The van der Waals surface area contributed by atoms with Gasteiger partial charge in [-0.1, -0.05) is 42.5 Å². The maximum atomic E-state index is 13.5. The maximum Gasteiger partial charge on any atom is 0.241 e. The molecule has 1 fully saturated rings. The molecule has 1 aliphatic rings. The summed E-state index contributed by atoms with van der Waals surface area (Å²) < 4.78 is 25.1. The Morgan fingerprint density at radius 3 is 2.24 bits per heavy atom. The van der Waals surface area contributed by atoms with Crippen LogP contribution in [0.4, 0.5) is 15.8 Å². The predicted octanol–water partition coefficient (Wildman–Crippen LogP) is 7.02. The Morgan fingerprint density at radius 1 is 0.905 bits per heavy atom. The Hall–Kier alpha value is -4.20. The Kier molecular flexibility index (Phi) is 9.85. The van der Waals surface area contributed by atoms with Crippen molar-refractivity contribution < 1.29 is 20.1 Å². The molecule has 220 valence electrons. The third-order valence-corrected chi connectivity index (χ3v) is 7.58. The molecule has 5 rings (SSSR count). The molecule has 0 unspecified atom stereocenters. The van der Waals surface area contributed by atoms with E-state index in [4.69, 9.17) is 9.47 Å². The highest BCUT2D eigenvalue weighted by Crippen LogP contribution is 2.28.